The maximum absolute atomic E-state index is 5.82. The number of ether oxygens (including phenoxy) is 2. The Morgan fingerprint density at radius 2 is 1.95 bits per heavy atom. The molecule has 1 N–H and O–H groups in total. The fourth-order valence-corrected chi connectivity index (χ4v) is 1.89. The summed E-state index contributed by atoms with van der Waals surface area (Å²) < 4.78 is 10.9. The molecule has 1 aliphatic heterocycles. The SMILES string of the molecule is COc1ccc(OC(C)CNC2=NCCN2C)cc1.I. The highest BCUT2D eigenvalue weighted by Crippen LogP contribution is 2.17. The molecule has 0 saturated heterocycles. The molecule has 0 radical (unpaired) electrons. The quantitative estimate of drug-likeness (QED) is 0.780. The van der Waals surface area contributed by atoms with Gasteiger partial charge in [-0.15, -0.1) is 24.0 Å². The first-order valence-electron chi connectivity index (χ1n) is 6.49. The van der Waals surface area contributed by atoms with Crippen molar-refractivity contribution < 1.29 is 9.47 Å². The van der Waals surface area contributed by atoms with E-state index in [0.717, 1.165) is 37.1 Å². The number of nitrogens with zero attached hydrogens (tertiary/aromatic N) is 2. The van der Waals surface area contributed by atoms with E-state index >= 15 is 0 Å². The van der Waals surface area contributed by atoms with E-state index in [1.165, 1.54) is 0 Å². The Kier molecular flexibility index (Phi) is 6.90. The van der Waals surface area contributed by atoms with Crippen molar-refractivity contribution in [2.45, 2.75) is 13.0 Å². The summed E-state index contributed by atoms with van der Waals surface area (Å²) in [5.41, 5.74) is 0. The Hall–Kier alpha value is -1.18. The molecule has 0 amide bonds. The zero-order valence-corrected chi connectivity index (χ0v) is 14.5. The van der Waals surface area contributed by atoms with Crippen molar-refractivity contribution in [3.05, 3.63) is 24.3 Å². The first kappa shape index (κ1) is 16.9. The Balaban J connectivity index is 0.00000200. The van der Waals surface area contributed by atoms with E-state index in [4.69, 9.17) is 9.47 Å². The molecular formula is C14H22IN3O2. The molecule has 112 valence electrons. The number of benzene rings is 1. The Labute approximate surface area is 137 Å². The van der Waals surface area contributed by atoms with Crippen LogP contribution in [0.2, 0.25) is 0 Å². The van der Waals surface area contributed by atoms with Gasteiger partial charge in [-0.3, -0.25) is 4.99 Å². The second-order valence-corrected chi connectivity index (χ2v) is 4.61. The maximum atomic E-state index is 5.82. The molecule has 1 aliphatic rings. The van der Waals surface area contributed by atoms with E-state index in [2.05, 4.69) is 15.2 Å². The standard InChI is InChI=1S/C14H21N3O2.HI/c1-11(10-16-14-15-8-9-17(14)2)19-13-6-4-12(18-3)5-7-13;/h4-7,11H,8-10H2,1-3H3,(H,15,16);1H. The lowest BCUT2D eigenvalue weighted by Crippen LogP contribution is -2.40. The molecule has 1 aromatic rings. The van der Waals surface area contributed by atoms with E-state index < -0.39 is 0 Å². The minimum absolute atomic E-state index is 0. The van der Waals surface area contributed by atoms with Crippen LogP contribution in [0.15, 0.2) is 29.3 Å². The van der Waals surface area contributed by atoms with Gasteiger partial charge in [-0.25, -0.2) is 0 Å². The number of aliphatic imine (C=N–C) groups is 1. The van der Waals surface area contributed by atoms with Gasteiger partial charge < -0.3 is 19.7 Å². The van der Waals surface area contributed by atoms with Crippen LogP contribution in [0.5, 0.6) is 11.5 Å². The van der Waals surface area contributed by atoms with Crippen LogP contribution in [0.25, 0.3) is 0 Å². The van der Waals surface area contributed by atoms with Crippen LogP contribution in [0.3, 0.4) is 0 Å². The fourth-order valence-electron chi connectivity index (χ4n) is 1.89. The van der Waals surface area contributed by atoms with Gasteiger partial charge in [0.25, 0.3) is 0 Å². The van der Waals surface area contributed by atoms with Gasteiger partial charge in [0.05, 0.1) is 20.2 Å². The van der Waals surface area contributed by atoms with E-state index in [1.54, 1.807) is 7.11 Å². The third-order valence-corrected chi connectivity index (χ3v) is 3.00. The Morgan fingerprint density at radius 3 is 2.50 bits per heavy atom. The molecule has 1 atom stereocenters. The predicted octanol–water partition coefficient (Wildman–Crippen LogP) is 1.97. The van der Waals surface area contributed by atoms with Crippen LogP contribution in [-0.4, -0.2) is 50.8 Å². The van der Waals surface area contributed by atoms with Gasteiger partial charge in [0.1, 0.15) is 17.6 Å². The molecule has 1 heterocycles. The summed E-state index contributed by atoms with van der Waals surface area (Å²) in [5, 5.41) is 3.30. The molecule has 5 nitrogen and oxygen atoms in total. The molecule has 0 bridgehead atoms. The second-order valence-electron chi connectivity index (χ2n) is 4.61. The van der Waals surface area contributed by atoms with Crippen molar-refractivity contribution in [2.75, 3.05) is 33.8 Å². The third-order valence-electron chi connectivity index (χ3n) is 3.00. The molecule has 0 spiro atoms. The lowest BCUT2D eigenvalue weighted by Gasteiger charge is -2.19. The highest BCUT2D eigenvalue weighted by Gasteiger charge is 2.13. The molecule has 20 heavy (non-hydrogen) atoms. The average Bonchev–Trinajstić information content (AvgIpc) is 2.83. The van der Waals surface area contributed by atoms with Gasteiger partial charge >= 0.3 is 0 Å². The van der Waals surface area contributed by atoms with Crippen LogP contribution in [0.4, 0.5) is 0 Å². The van der Waals surface area contributed by atoms with Crippen LogP contribution in [0, 0.1) is 0 Å². The monoisotopic (exact) mass is 391 g/mol. The summed E-state index contributed by atoms with van der Waals surface area (Å²) in [6.45, 7) is 4.62. The lowest BCUT2D eigenvalue weighted by molar-refractivity contribution is 0.222. The average molecular weight is 391 g/mol. The number of halogens is 1. The van der Waals surface area contributed by atoms with Crippen LogP contribution in [-0.2, 0) is 0 Å². The van der Waals surface area contributed by atoms with Gasteiger partial charge in [-0.2, -0.15) is 0 Å². The molecule has 0 aromatic heterocycles. The third kappa shape index (κ3) is 4.73. The zero-order chi connectivity index (χ0) is 13.7. The molecule has 1 aromatic carbocycles. The number of guanidine groups is 1. The van der Waals surface area contributed by atoms with Crippen LogP contribution < -0.4 is 14.8 Å². The molecule has 2 rings (SSSR count). The summed E-state index contributed by atoms with van der Waals surface area (Å²) in [5.74, 6) is 2.63. The topological polar surface area (TPSA) is 46.1 Å². The van der Waals surface area contributed by atoms with E-state index in [-0.39, 0.29) is 30.1 Å². The minimum Gasteiger partial charge on any atom is -0.497 e. The van der Waals surface area contributed by atoms with Crippen molar-refractivity contribution in [2.24, 2.45) is 4.99 Å². The number of hydrogen-bond donors (Lipinski definition) is 1. The van der Waals surface area contributed by atoms with Gasteiger partial charge in [0, 0.05) is 13.6 Å². The van der Waals surface area contributed by atoms with Crippen molar-refractivity contribution in [1.29, 1.82) is 0 Å². The Morgan fingerprint density at radius 1 is 1.30 bits per heavy atom. The molecule has 0 saturated carbocycles. The van der Waals surface area contributed by atoms with Gasteiger partial charge in [0.2, 0.25) is 0 Å². The number of hydrogen-bond acceptors (Lipinski definition) is 5. The largest absolute Gasteiger partial charge is 0.497 e. The number of nitrogens with one attached hydrogen (secondary N) is 1. The zero-order valence-electron chi connectivity index (χ0n) is 12.1. The van der Waals surface area contributed by atoms with Gasteiger partial charge in [0.15, 0.2) is 5.96 Å². The number of methoxy groups -OCH3 is 1. The van der Waals surface area contributed by atoms with Gasteiger partial charge in [-0.1, -0.05) is 0 Å². The number of rotatable bonds is 5. The molecule has 0 fully saturated rings. The first-order chi connectivity index (χ1) is 9.19. The normalized spacial score (nSPS) is 15.2. The summed E-state index contributed by atoms with van der Waals surface area (Å²) in [6.07, 6.45) is 0.0742. The van der Waals surface area contributed by atoms with Crippen molar-refractivity contribution in [3.63, 3.8) is 0 Å². The van der Waals surface area contributed by atoms with Crippen LogP contribution in [0.1, 0.15) is 6.92 Å². The second kappa shape index (κ2) is 8.18. The molecule has 0 aliphatic carbocycles. The predicted molar refractivity (Wildman–Crippen MR) is 91.4 cm³/mol. The van der Waals surface area contributed by atoms with Crippen molar-refractivity contribution >= 4 is 29.9 Å². The van der Waals surface area contributed by atoms with Crippen molar-refractivity contribution in [1.82, 2.24) is 10.2 Å². The van der Waals surface area contributed by atoms with Crippen LogP contribution >= 0.6 is 24.0 Å². The minimum atomic E-state index is 0. The summed E-state index contributed by atoms with van der Waals surface area (Å²) in [4.78, 5) is 6.49. The summed E-state index contributed by atoms with van der Waals surface area (Å²) >= 11 is 0. The van der Waals surface area contributed by atoms with E-state index in [1.807, 2.05) is 38.2 Å². The first-order valence-corrected chi connectivity index (χ1v) is 6.49. The highest BCUT2D eigenvalue weighted by atomic mass is 127. The molecule has 6 heteroatoms. The van der Waals surface area contributed by atoms with E-state index in [9.17, 15) is 0 Å². The highest BCUT2D eigenvalue weighted by molar-refractivity contribution is 14.0. The molecular weight excluding hydrogens is 369 g/mol. The summed E-state index contributed by atoms with van der Waals surface area (Å²) in [7, 11) is 3.69. The Bertz CT molecular complexity index is 437. The van der Waals surface area contributed by atoms with Gasteiger partial charge in [-0.05, 0) is 31.2 Å². The van der Waals surface area contributed by atoms with E-state index in [0.29, 0.717) is 0 Å². The van der Waals surface area contributed by atoms with Crippen molar-refractivity contribution in [3.8, 4) is 11.5 Å². The maximum Gasteiger partial charge on any atom is 0.193 e. The fraction of sp³-hybridized carbons (Fsp3) is 0.500. The summed E-state index contributed by atoms with van der Waals surface area (Å²) in [6, 6.07) is 7.61. The number of likely N-dealkylation sites (N-methyl/N-ethyl adjacent to an activating group) is 1. The smallest absolute Gasteiger partial charge is 0.193 e. The lowest BCUT2D eigenvalue weighted by atomic mass is 10.3. The molecule has 1 unspecified atom stereocenters.